The lowest BCUT2D eigenvalue weighted by molar-refractivity contribution is 0.357. The number of thiophene rings is 1. The molecule has 16 aromatic rings. The van der Waals surface area contributed by atoms with Crippen molar-refractivity contribution in [2.45, 2.75) is 320 Å². The number of aromatic amines is 3. The summed E-state index contributed by atoms with van der Waals surface area (Å²) in [6, 6.07) is 86.6. The maximum atomic E-state index is 5.30. The van der Waals surface area contributed by atoms with Crippen molar-refractivity contribution < 1.29 is 9.15 Å². The van der Waals surface area contributed by atoms with E-state index in [-0.39, 0.29) is 0 Å². The second-order valence-corrected chi connectivity index (χ2v) is 23.9. The molecule has 0 radical (unpaired) electrons. The molecular weight excluding hydrogens is 1650 g/mol. The molecule has 6 aromatic heterocycles. The molecule has 20 rings (SSSR count). The topological polar surface area (TPSA) is 133 Å². The Labute approximate surface area is 811 Å². The molecule has 0 amide bonds. The van der Waals surface area contributed by atoms with Gasteiger partial charge in [0.15, 0.2) is 12.0 Å². The first-order valence-electron chi connectivity index (χ1n) is 50.2. The second-order valence-electron chi connectivity index (χ2n) is 20.9. The van der Waals surface area contributed by atoms with Crippen molar-refractivity contribution in [2.24, 2.45) is 0 Å². The molecular formula is C117H190N8O2S3. The molecule has 728 valence electrons. The van der Waals surface area contributed by atoms with E-state index < -0.39 is 0 Å². The van der Waals surface area contributed by atoms with Crippen LogP contribution < -0.4 is 10.1 Å². The summed E-state index contributed by atoms with van der Waals surface area (Å²) in [5, 5.41) is 16.0. The van der Waals surface area contributed by atoms with Gasteiger partial charge in [0.1, 0.15) is 11.3 Å². The number of imidazole rings is 1. The lowest BCUT2D eigenvalue weighted by Gasteiger charge is -1.94. The summed E-state index contributed by atoms with van der Waals surface area (Å²) in [5.74, 6) is 2.34. The molecule has 4 aliphatic rings. The number of ether oxygens (including phenoxy) is 1. The molecule has 130 heavy (non-hydrogen) atoms. The minimum atomic E-state index is 0.845. The summed E-state index contributed by atoms with van der Waals surface area (Å²) in [6.07, 6.45) is 14.4. The summed E-state index contributed by atoms with van der Waals surface area (Å²) >= 11 is 5.43. The molecule has 0 unspecified atom stereocenters. The van der Waals surface area contributed by atoms with Crippen LogP contribution in [0, 0.1) is 0 Å². The van der Waals surface area contributed by atoms with E-state index in [4.69, 9.17) is 9.15 Å². The summed E-state index contributed by atoms with van der Waals surface area (Å²) in [7, 11) is 0. The third-order valence-electron chi connectivity index (χ3n) is 14.9. The number of nitrogens with zero attached hydrogens (tertiary/aromatic N) is 4. The number of hydrogen-bond donors (Lipinski definition) is 4. The number of aromatic nitrogens is 7. The highest BCUT2D eigenvalue weighted by atomic mass is 32.2. The van der Waals surface area contributed by atoms with Crippen molar-refractivity contribution in [3.63, 3.8) is 0 Å². The zero-order chi connectivity index (χ0) is 101. The number of thioether (sulfide) groups is 1. The van der Waals surface area contributed by atoms with E-state index in [0.717, 1.165) is 63.9 Å². The number of hydrogen-bond acceptors (Lipinski definition) is 10. The Bertz CT molecular complexity index is 3740. The minimum Gasteiger partial charge on any atom is -0.493 e. The standard InChI is InChI=1S/C9H10.C8H9N.C8H7N.C8H8O.C8H8S.C8H6S.2C7H6N2.C7H5NO.C7H5NS.20C2H6/c1-2-5-9-7-3-6-8(9)4-1;5*1-2-4-8-7(3-1)5-6-9-8;1-2-4-7-6(3-1)8-5-9-7;1-2-4-7-6(3-1)5-8-9-7;2*1-2-4-7-6(3-1)8-5-9-7;20*1-2/h1-2,4-5H,3,6-7H2;1-4,9H,5-6H2;1-6,9H;2*1-4H,5-6H2;1-6H;2*1-5H,(H,8,9);2*1-5H;20*1-2H3. The van der Waals surface area contributed by atoms with E-state index in [0.29, 0.717) is 0 Å². The van der Waals surface area contributed by atoms with Gasteiger partial charge in [-0.15, -0.1) is 34.4 Å². The van der Waals surface area contributed by atoms with Crippen LogP contribution in [0.5, 0.6) is 5.75 Å². The molecule has 10 nitrogen and oxygen atoms in total. The minimum absolute atomic E-state index is 0.845. The quantitative estimate of drug-likeness (QED) is 0.118. The van der Waals surface area contributed by atoms with Gasteiger partial charge in [-0.2, -0.15) is 5.10 Å². The Hall–Kier alpha value is -10.1. The highest BCUT2D eigenvalue weighted by Crippen LogP contribution is 2.30. The Morgan fingerprint density at radius 2 is 0.754 bits per heavy atom. The molecule has 3 aliphatic heterocycles. The number of oxazole rings is 1. The van der Waals surface area contributed by atoms with E-state index >= 15 is 0 Å². The molecule has 0 spiro atoms. The number of aryl methyl sites for hydroxylation is 3. The Kier molecular flexibility index (Phi) is 124. The van der Waals surface area contributed by atoms with Gasteiger partial charge in [-0.1, -0.05) is 447 Å². The molecule has 0 saturated carbocycles. The van der Waals surface area contributed by atoms with Gasteiger partial charge in [0.25, 0.3) is 0 Å². The van der Waals surface area contributed by atoms with Gasteiger partial charge >= 0.3 is 0 Å². The van der Waals surface area contributed by atoms with Crippen LogP contribution in [0.4, 0.5) is 5.69 Å². The number of para-hydroxylation sites is 9. The van der Waals surface area contributed by atoms with E-state index in [2.05, 4.69) is 179 Å². The molecule has 9 heterocycles. The van der Waals surface area contributed by atoms with Crippen LogP contribution in [0.15, 0.2) is 300 Å². The van der Waals surface area contributed by atoms with Crippen molar-refractivity contribution in [3.8, 4) is 5.75 Å². The average molecular weight is 1840 g/mol. The molecule has 0 bridgehead atoms. The second kappa shape index (κ2) is 115. The van der Waals surface area contributed by atoms with Crippen molar-refractivity contribution in [1.82, 2.24) is 35.1 Å². The maximum absolute atomic E-state index is 5.30. The lowest BCUT2D eigenvalue weighted by Crippen LogP contribution is -1.90. The van der Waals surface area contributed by atoms with Crippen LogP contribution >= 0.6 is 34.4 Å². The van der Waals surface area contributed by atoms with Gasteiger partial charge in [0, 0.05) is 51.1 Å². The van der Waals surface area contributed by atoms with E-state index in [1.54, 1.807) is 40.1 Å². The van der Waals surface area contributed by atoms with Gasteiger partial charge in [0.2, 0.25) is 0 Å². The first-order chi connectivity index (χ1) is 64.7. The molecule has 13 heteroatoms. The predicted octanol–water partition coefficient (Wildman–Crippen LogP) is 40.6. The number of fused-ring (bicyclic) bond motifs is 10. The predicted molar refractivity (Wildman–Crippen MR) is 607 cm³/mol. The van der Waals surface area contributed by atoms with Crippen LogP contribution in [0.1, 0.15) is 311 Å². The fourth-order valence-corrected chi connectivity index (χ4v) is 12.8. The molecule has 0 atom stereocenters. The van der Waals surface area contributed by atoms with Gasteiger partial charge in [-0.25, -0.2) is 15.0 Å². The molecule has 10 aromatic carbocycles. The van der Waals surface area contributed by atoms with E-state index in [1.165, 1.54) is 97.2 Å². The van der Waals surface area contributed by atoms with E-state index in [1.807, 2.05) is 428 Å². The van der Waals surface area contributed by atoms with Crippen LogP contribution in [-0.2, 0) is 32.1 Å². The van der Waals surface area contributed by atoms with Crippen LogP contribution in [-0.4, -0.2) is 54.0 Å². The van der Waals surface area contributed by atoms with Gasteiger partial charge in [-0.3, -0.25) is 5.10 Å². The number of nitrogens with one attached hydrogen (secondary N) is 4. The number of thiazole rings is 1. The maximum Gasteiger partial charge on any atom is 0.181 e. The fourth-order valence-electron chi connectivity index (χ4n) is 10.3. The number of rotatable bonds is 0. The molecule has 0 fully saturated rings. The zero-order valence-corrected chi connectivity index (χ0v) is 92.4. The summed E-state index contributed by atoms with van der Waals surface area (Å²) in [4.78, 5) is 19.8. The largest absolute Gasteiger partial charge is 0.493 e. The first-order valence-corrected chi connectivity index (χ1v) is 53.0. The van der Waals surface area contributed by atoms with Crippen molar-refractivity contribution in [2.75, 3.05) is 24.2 Å². The summed E-state index contributed by atoms with van der Waals surface area (Å²) in [6.45, 7) is 82.0. The monoisotopic (exact) mass is 1840 g/mol. The highest BCUT2D eigenvalue weighted by Gasteiger charge is 2.10. The SMILES string of the molecule is CC.CC.CC.CC.CC.CC.CC.CC.CC.CC.CC.CC.CC.CC.CC.CC.CC.CC.CC.CC.c1ccc2[nH]ccc2c1.c1ccc2[nH]cnc2c1.c1ccc2[nH]ncc2c1.c1ccc2c(c1)CCC2.c1ccc2c(c1)CCN2.c1ccc2c(c1)CCO2.c1ccc2c(c1)CCS2.c1ccc2ocnc2c1.c1ccc2sccc2c1.c1ccc2scnc2c1. The fraction of sp³-hybridized carbons (Fsp3) is 0.419. The summed E-state index contributed by atoms with van der Waals surface area (Å²) < 4.78 is 12.9. The number of H-pyrrole nitrogens is 3. The van der Waals surface area contributed by atoms with Crippen LogP contribution in [0.3, 0.4) is 0 Å². The van der Waals surface area contributed by atoms with Crippen molar-refractivity contribution in [1.29, 1.82) is 0 Å². The highest BCUT2D eigenvalue weighted by molar-refractivity contribution is 7.99. The molecule has 0 saturated heterocycles. The van der Waals surface area contributed by atoms with Crippen LogP contribution in [0.2, 0.25) is 0 Å². The van der Waals surface area contributed by atoms with E-state index in [9.17, 15) is 0 Å². The molecule has 4 N–H and O–H groups in total. The lowest BCUT2D eigenvalue weighted by atomic mass is 10.1. The molecule has 1 aliphatic carbocycles. The number of anilines is 1. The Balaban J connectivity index is -0.000000147. The third kappa shape index (κ3) is 63.1. The van der Waals surface area contributed by atoms with Crippen molar-refractivity contribution >= 4 is 104 Å². The Morgan fingerprint density at radius 3 is 1.27 bits per heavy atom. The van der Waals surface area contributed by atoms with Gasteiger partial charge < -0.3 is 24.4 Å². The normalized spacial score (nSPS) is 9.35. The Morgan fingerprint density at radius 1 is 0.308 bits per heavy atom. The van der Waals surface area contributed by atoms with Gasteiger partial charge in [-0.05, 0) is 161 Å². The summed E-state index contributed by atoms with van der Waals surface area (Å²) in [5.41, 5.74) is 17.9. The van der Waals surface area contributed by atoms with Gasteiger partial charge in [0.05, 0.1) is 51.4 Å². The zero-order valence-electron chi connectivity index (χ0n) is 89.9. The van der Waals surface area contributed by atoms with Crippen LogP contribution in [0.25, 0.3) is 64.2 Å². The van der Waals surface area contributed by atoms with Crippen molar-refractivity contribution in [3.05, 3.63) is 319 Å². The smallest absolute Gasteiger partial charge is 0.181 e. The number of benzene rings is 10. The average Bonchev–Trinajstić information content (AvgIpc) is 1.83. The third-order valence-corrected chi connectivity index (χ3v) is 17.7. The first kappa shape index (κ1) is 140.